The molecule has 0 aliphatic carbocycles. The van der Waals surface area contributed by atoms with E-state index in [2.05, 4.69) is 5.32 Å². The molecule has 0 aromatic heterocycles. The monoisotopic (exact) mass is 231 g/mol. The van der Waals surface area contributed by atoms with Crippen molar-refractivity contribution in [1.29, 1.82) is 0 Å². The summed E-state index contributed by atoms with van der Waals surface area (Å²) in [6.07, 6.45) is -1.22. The minimum absolute atomic E-state index is 0.240. The van der Waals surface area contributed by atoms with E-state index in [4.69, 9.17) is 5.11 Å². The highest BCUT2D eigenvalue weighted by Gasteiger charge is 2.08. The summed E-state index contributed by atoms with van der Waals surface area (Å²) in [5.41, 5.74) is 1.72. The summed E-state index contributed by atoms with van der Waals surface area (Å²) in [6, 6.07) is 13.2. The first kappa shape index (κ1) is 11.1. The van der Waals surface area contributed by atoms with Crippen LogP contribution in [0.2, 0.25) is 0 Å². The van der Waals surface area contributed by atoms with Crippen molar-refractivity contribution in [2.45, 2.75) is 0 Å². The minimum atomic E-state index is -1.22. The van der Waals surface area contributed by atoms with E-state index in [1.165, 1.54) is 6.07 Å². The maximum Gasteiger partial charge on any atom is 0.409 e. The number of benzene rings is 2. The van der Waals surface area contributed by atoms with Crippen molar-refractivity contribution < 1.29 is 14.3 Å². The average molecular weight is 231 g/mol. The lowest BCUT2D eigenvalue weighted by Gasteiger charge is -2.09. The molecule has 86 valence electrons. The lowest BCUT2D eigenvalue weighted by molar-refractivity contribution is 0.210. The maximum absolute atomic E-state index is 13.1. The summed E-state index contributed by atoms with van der Waals surface area (Å²) in [4.78, 5) is 10.6. The normalized spacial score (nSPS) is 9.94. The minimum Gasteiger partial charge on any atom is -0.465 e. The molecule has 0 saturated heterocycles. The highest BCUT2D eigenvalue weighted by molar-refractivity contribution is 5.90. The quantitative estimate of drug-likeness (QED) is 0.829. The van der Waals surface area contributed by atoms with Crippen molar-refractivity contribution in [1.82, 2.24) is 0 Å². The molecule has 0 radical (unpaired) electrons. The van der Waals surface area contributed by atoms with Crippen LogP contribution < -0.4 is 5.32 Å². The molecule has 0 aliphatic rings. The summed E-state index contributed by atoms with van der Waals surface area (Å²) in [6.45, 7) is 0. The number of amides is 1. The Labute approximate surface area is 97.5 Å². The smallest absolute Gasteiger partial charge is 0.409 e. The first-order chi connectivity index (χ1) is 8.16. The predicted octanol–water partition coefficient (Wildman–Crippen LogP) is 3.58. The Morgan fingerprint density at radius 1 is 1.12 bits per heavy atom. The Kier molecular flexibility index (Phi) is 3.05. The molecule has 0 aliphatic heterocycles. The van der Waals surface area contributed by atoms with Crippen LogP contribution in [0.3, 0.4) is 0 Å². The van der Waals surface area contributed by atoms with E-state index < -0.39 is 11.9 Å². The molecule has 0 spiro atoms. The van der Waals surface area contributed by atoms with Crippen molar-refractivity contribution in [2.75, 3.05) is 5.32 Å². The molecule has 0 unspecified atom stereocenters. The summed E-state index contributed by atoms with van der Waals surface area (Å²) < 4.78 is 13.1. The number of hydrogen-bond acceptors (Lipinski definition) is 1. The summed E-state index contributed by atoms with van der Waals surface area (Å²) in [5, 5.41) is 10.9. The van der Waals surface area contributed by atoms with Crippen molar-refractivity contribution >= 4 is 11.8 Å². The number of halogens is 1. The fraction of sp³-hybridized carbons (Fsp3) is 0. The second-order valence-electron chi connectivity index (χ2n) is 3.49. The number of carboxylic acid groups (broad SMARTS) is 1. The Bertz CT molecular complexity index is 540. The predicted molar refractivity (Wildman–Crippen MR) is 63.5 cm³/mol. The van der Waals surface area contributed by atoms with Gasteiger partial charge in [-0.2, -0.15) is 0 Å². The molecule has 2 N–H and O–H groups in total. The highest BCUT2D eigenvalue weighted by Crippen LogP contribution is 2.28. The van der Waals surface area contributed by atoms with E-state index in [9.17, 15) is 9.18 Å². The Morgan fingerprint density at radius 2 is 1.82 bits per heavy atom. The lowest BCUT2D eigenvalue weighted by Crippen LogP contribution is -2.08. The number of hydrogen-bond donors (Lipinski definition) is 2. The van der Waals surface area contributed by atoms with Crippen molar-refractivity contribution in [3.63, 3.8) is 0 Å². The van der Waals surface area contributed by atoms with Crippen LogP contribution >= 0.6 is 0 Å². The van der Waals surface area contributed by atoms with Gasteiger partial charge in [0.1, 0.15) is 5.82 Å². The Balaban J connectivity index is 2.50. The van der Waals surface area contributed by atoms with Crippen molar-refractivity contribution in [2.24, 2.45) is 0 Å². The van der Waals surface area contributed by atoms with Gasteiger partial charge >= 0.3 is 6.09 Å². The topological polar surface area (TPSA) is 49.3 Å². The van der Waals surface area contributed by atoms with E-state index in [1.54, 1.807) is 6.07 Å². The third kappa shape index (κ3) is 2.60. The third-order valence-electron chi connectivity index (χ3n) is 2.31. The Hall–Kier alpha value is -2.36. The molecule has 1 amide bonds. The lowest BCUT2D eigenvalue weighted by atomic mass is 10.0. The van der Waals surface area contributed by atoms with E-state index >= 15 is 0 Å². The number of rotatable bonds is 2. The molecular weight excluding hydrogens is 221 g/mol. The maximum atomic E-state index is 13.1. The van der Waals surface area contributed by atoms with Crippen LogP contribution in [-0.2, 0) is 0 Å². The van der Waals surface area contributed by atoms with Crippen molar-refractivity contribution in [3.05, 3.63) is 54.3 Å². The standard InChI is InChI=1S/C13H10FNO2/c14-10-6-7-11(9-4-2-1-3-5-9)12(8-10)15-13(16)17/h1-8,15H,(H,16,17). The van der Waals surface area contributed by atoms with E-state index in [1.807, 2.05) is 30.3 Å². The third-order valence-corrected chi connectivity index (χ3v) is 2.31. The zero-order valence-electron chi connectivity index (χ0n) is 8.85. The highest BCUT2D eigenvalue weighted by atomic mass is 19.1. The van der Waals surface area contributed by atoms with Gasteiger partial charge in [-0.3, -0.25) is 5.32 Å². The largest absolute Gasteiger partial charge is 0.465 e. The molecule has 17 heavy (non-hydrogen) atoms. The first-order valence-corrected chi connectivity index (χ1v) is 5.02. The van der Waals surface area contributed by atoms with Gasteiger partial charge in [-0.05, 0) is 23.8 Å². The first-order valence-electron chi connectivity index (χ1n) is 5.02. The van der Waals surface area contributed by atoms with Gasteiger partial charge in [-0.25, -0.2) is 9.18 Å². The molecule has 0 atom stereocenters. The second-order valence-corrected chi connectivity index (χ2v) is 3.49. The summed E-state index contributed by atoms with van der Waals surface area (Å²) >= 11 is 0. The molecule has 2 aromatic rings. The second kappa shape index (κ2) is 4.65. The van der Waals surface area contributed by atoms with E-state index in [0.717, 1.165) is 11.6 Å². The fourth-order valence-electron chi connectivity index (χ4n) is 1.60. The van der Waals surface area contributed by atoms with Crippen LogP contribution in [0, 0.1) is 5.82 Å². The van der Waals surface area contributed by atoms with Crippen molar-refractivity contribution in [3.8, 4) is 11.1 Å². The molecular formula is C13H10FNO2. The number of anilines is 1. The molecule has 0 fully saturated rings. The van der Waals surface area contributed by atoms with Gasteiger partial charge in [-0.1, -0.05) is 30.3 Å². The molecule has 3 nitrogen and oxygen atoms in total. The molecule has 0 heterocycles. The van der Waals surface area contributed by atoms with Crippen LogP contribution in [0.4, 0.5) is 14.9 Å². The SMILES string of the molecule is O=C(O)Nc1cc(F)ccc1-c1ccccc1. The van der Waals surface area contributed by atoms with Gasteiger partial charge in [0, 0.05) is 5.56 Å². The summed E-state index contributed by atoms with van der Waals surface area (Å²) in [5.74, 6) is -0.478. The van der Waals surface area contributed by atoms with Gasteiger partial charge in [0.25, 0.3) is 0 Å². The van der Waals surface area contributed by atoms with E-state index in [0.29, 0.717) is 5.56 Å². The van der Waals surface area contributed by atoms with Gasteiger partial charge in [0.15, 0.2) is 0 Å². The van der Waals surface area contributed by atoms with E-state index in [-0.39, 0.29) is 5.69 Å². The van der Waals surface area contributed by atoms with Crippen LogP contribution in [0.5, 0.6) is 0 Å². The van der Waals surface area contributed by atoms with Gasteiger partial charge in [-0.15, -0.1) is 0 Å². The number of carbonyl (C=O) groups is 1. The zero-order chi connectivity index (χ0) is 12.3. The van der Waals surface area contributed by atoms with Crippen LogP contribution in [0.1, 0.15) is 0 Å². The fourth-order valence-corrected chi connectivity index (χ4v) is 1.60. The molecule has 0 saturated carbocycles. The van der Waals surface area contributed by atoms with Crippen LogP contribution in [0.25, 0.3) is 11.1 Å². The summed E-state index contributed by atoms with van der Waals surface area (Å²) in [7, 11) is 0. The molecule has 0 bridgehead atoms. The Morgan fingerprint density at radius 3 is 2.47 bits per heavy atom. The molecule has 2 rings (SSSR count). The molecule has 4 heteroatoms. The van der Waals surface area contributed by atoms with Gasteiger partial charge in [0.2, 0.25) is 0 Å². The molecule has 2 aromatic carbocycles. The average Bonchev–Trinajstić information content (AvgIpc) is 2.29. The van der Waals surface area contributed by atoms with Gasteiger partial charge < -0.3 is 5.11 Å². The van der Waals surface area contributed by atoms with Crippen LogP contribution in [0.15, 0.2) is 48.5 Å². The van der Waals surface area contributed by atoms with Gasteiger partial charge in [0.05, 0.1) is 5.69 Å². The zero-order valence-corrected chi connectivity index (χ0v) is 8.85. The van der Waals surface area contributed by atoms with Crippen LogP contribution in [-0.4, -0.2) is 11.2 Å². The number of nitrogens with one attached hydrogen (secondary N) is 1.